The summed E-state index contributed by atoms with van der Waals surface area (Å²) >= 11 is 0. The molecule has 15 heavy (non-hydrogen) atoms. The van der Waals surface area contributed by atoms with Crippen LogP contribution in [0.15, 0.2) is 0 Å². The van der Waals surface area contributed by atoms with E-state index in [9.17, 15) is 4.79 Å². The summed E-state index contributed by atoms with van der Waals surface area (Å²) in [6.07, 6.45) is 2.56. The van der Waals surface area contributed by atoms with Gasteiger partial charge in [0.05, 0.1) is 6.04 Å². The van der Waals surface area contributed by atoms with Crippen LogP contribution in [0.4, 0.5) is 0 Å². The highest BCUT2D eigenvalue weighted by Crippen LogP contribution is 2.21. The van der Waals surface area contributed by atoms with Gasteiger partial charge < -0.3 is 10.2 Å². The van der Waals surface area contributed by atoms with Gasteiger partial charge >= 0.3 is 0 Å². The molecule has 0 aromatic carbocycles. The zero-order chi connectivity index (χ0) is 10.8. The summed E-state index contributed by atoms with van der Waals surface area (Å²) in [6, 6.07) is 0.588. The van der Waals surface area contributed by atoms with E-state index in [0.29, 0.717) is 6.04 Å². The van der Waals surface area contributed by atoms with Crippen molar-refractivity contribution in [2.24, 2.45) is 0 Å². The average Bonchev–Trinajstić information content (AvgIpc) is 2.73. The lowest BCUT2D eigenvalue weighted by atomic mass is 10.1. The molecule has 2 rings (SSSR count). The number of nitrogens with one attached hydrogen (secondary N) is 1. The summed E-state index contributed by atoms with van der Waals surface area (Å²) in [6.45, 7) is 6.07. The zero-order valence-corrected chi connectivity index (χ0v) is 9.70. The van der Waals surface area contributed by atoms with E-state index in [-0.39, 0.29) is 11.9 Å². The van der Waals surface area contributed by atoms with Gasteiger partial charge in [0.1, 0.15) is 0 Å². The van der Waals surface area contributed by atoms with Crippen LogP contribution in [-0.4, -0.2) is 61.0 Å². The lowest BCUT2D eigenvalue weighted by molar-refractivity contribution is -0.135. The van der Waals surface area contributed by atoms with Crippen molar-refractivity contribution in [3.8, 4) is 0 Å². The topological polar surface area (TPSA) is 35.6 Å². The van der Waals surface area contributed by atoms with Gasteiger partial charge in [0.25, 0.3) is 0 Å². The number of likely N-dealkylation sites (N-methyl/N-ethyl adjacent to an activating group) is 1. The molecule has 2 saturated heterocycles. The van der Waals surface area contributed by atoms with Crippen molar-refractivity contribution in [1.82, 2.24) is 15.1 Å². The predicted octanol–water partition coefficient (Wildman–Crippen LogP) is -0.0991. The van der Waals surface area contributed by atoms with E-state index in [0.717, 1.165) is 19.6 Å². The van der Waals surface area contributed by atoms with Crippen molar-refractivity contribution in [3.63, 3.8) is 0 Å². The van der Waals surface area contributed by atoms with Crippen molar-refractivity contribution in [2.45, 2.75) is 31.8 Å². The number of piperazine rings is 1. The molecule has 4 heteroatoms. The maximum Gasteiger partial charge on any atom is 0.239 e. The maximum atomic E-state index is 12.0. The van der Waals surface area contributed by atoms with Crippen molar-refractivity contribution in [1.29, 1.82) is 0 Å². The summed E-state index contributed by atoms with van der Waals surface area (Å²) in [5.41, 5.74) is 0. The maximum absolute atomic E-state index is 12.0. The molecule has 1 amide bonds. The second-order valence-corrected chi connectivity index (χ2v) is 4.63. The van der Waals surface area contributed by atoms with Gasteiger partial charge in [-0.1, -0.05) is 0 Å². The minimum absolute atomic E-state index is 0.0436. The molecule has 0 saturated carbocycles. The highest BCUT2D eigenvalue weighted by Gasteiger charge is 2.33. The molecule has 0 bridgehead atoms. The van der Waals surface area contributed by atoms with Crippen molar-refractivity contribution in [2.75, 3.05) is 33.2 Å². The highest BCUT2D eigenvalue weighted by atomic mass is 16.2. The summed E-state index contributed by atoms with van der Waals surface area (Å²) in [5, 5.41) is 3.02. The summed E-state index contributed by atoms with van der Waals surface area (Å²) in [4.78, 5) is 16.5. The Morgan fingerprint density at radius 2 is 2.20 bits per heavy atom. The number of nitrogens with zero attached hydrogens (tertiary/aromatic N) is 2. The number of hydrogen-bond acceptors (Lipinski definition) is 3. The third kappa shape index (κ3) is 2.16. The van der Waals surface area contributed by atoms with Crippen LogP contribution in [-0.2, 0) is 4.79 Å². The van der Waals surface area contributed by atoms with E-state index in [1.807, 2.05) is 18.9 Å². The summed E-state index contributed by atoms with van der Waals surface area (Å²) in [7, 11) is 1.84. The van der Waals surface area contributed by atoms with Crippen LogP contribution >= 0.6 is 0 Å². The molecule has 2 unspecified atom stereocenters. The molecule has 0 spiro atoms. The average molecular weight is 211 g/mol. The smallest absolute Gasteiger partial charge is 0.239 e. The molecule has 0 radical (unpaired) electrons. The molecule has 2 heterocycles. The Bertz CT molecular complexity index is 244. The Labute approximate surface area is 91.6 Å². The van der Waals surface area contributed by atoms with Gasteiger partial charge in [0.2, 0.25) is 5.91 Å². The molecular weight excluding hydrogens is 190 g/mol. The Hall–Kier alpha value is -0.610. The molecular formula is C11H21N3O. The fraction of sp³-hybridized carbons (Fsp3) is 0.909. The van der Waals surface area contributed by atoms with Crippen LogP contribution in [0.3, 0.4) is 0 Å². The first-order valence-electron chi connectivity index (χ1n) is 5.92. The van der Waals surface area contributed by atoms with Gasteiger partial charge in [0.15, 0.2) is 0 Å². The van der Waals surface area contributed by atoms with Gasteiger partial charge in [0, 0.05) is 25.7 Å². The van der Waals surface area contributed by atoms with Crippen LogP contribution in [0, 0.1) is 0 Å². The molecule has 0 aliphatic carbocycles. The fourth-order valence-electron chi connectivity index (χ4n) is 2.59. The minimum Gasteiger partial charge on any atom is -0.339 e. The zero-order valence-electron chi connectivity index (χ0n) is 9.70. The van der Waals surface area contributed by atoms with Gasteiger partial charge in [-0.25, -0.2) is 0 Å². The van der Waals surface area contributed by atoms with Crippen LogP contribution in [0.25, 0.3) is 0 Å². The lowest BCUT2D eigenvalue weighted by Crippen LogP contribution is -2.55. The van der Waals surface area contributed by atoms with Crippen LogP contribution < -0.4 is 5.32 Å². The Morgan fingerprint density at radius 1 is 1.40 bits per heavy atom. The Balaban J connectivity index is 1.92. The van der Waals surface area contributed by atoms with Crippen LogP contribution in [0.2, 0.25) is 0 Å². The molecule has 2 atom stereocenters. The van der Waals surface area contributed by atoms with Crippen LogP contribution in [0.5, 0.6) is 0 Å². The monoisotopic (exact) mass is 211 g/mol. The molecule has 0 aromatic rings. The minimum atomic E-state index is -0.0436. The first kappa shape index (κ1) is 10.9. The SMILES string of the molecule is CNC(C)C(=O)N1CCN2CCCC2C1. The molecule has 86 valence electrons. The van der Waals surface area contributed by atoms with Crippen LogP contribution in [0.1, 0.15) is 19.8 Å². The second-order valence-electron chi connectivity index (χ2n) is 4.63. The quantitative estimate of drug-likeness (QED) is 0.693. The van der Waals surface area contributed by atoms with E-state index in [1.54, 1.807) is 0 Å². The standard InChI is InChI=1S/C11H21N3O/c1-9(12-2)11(15)14-7-6-13-5-3-4-10(13)8-14/h9-10,12H,3-8H2,1-2H3. The number of rotatable bonds is 2. The highest BCUT2D eigenvalue weighted by molar-refractivity contribution is 5.81. The Kier molecular flexibility index (Phi) is 3.26. The molecule has 1 N–H and O–H groups in total. The van der Waals surface area contributed by atoms with Gasteiger partial charge in [-0.05, 0) is 33.4 Å². The number of carbonyl (C=O) groups excluding carboxylic acids is 1. The normalized spacial score (nSPS) is 28.9. The molecule has 2 aliphatic rings. The van der Waals surface area contributed by atoms with Gasteiger partial charge in [-0.2, -0.15) is 0 Å². The lowest BCUT2D eigenvalue weighted by Gasteiger charge is -2.38. The molecule has 0 aromatic heterocycles. The van der Waals surface area contributed by atoms with Crippen molar-refractivity contribution < 1.29 is 4.79 Å². The van der Waals surface area contributed by atoms with Crippen molar-refractivity contribution in [3.05, 3.63) is 0 Å². The number of hydrogen-bond donors (Lipinski definition) is 1. The molecule has 2 fully saturated rings. The first-order chi connectivity index (χ1) is 7.22. The largest absolute Gasteiger partial charge is 0.339 e. The summed E-state index contributed by atoms with van der Waals surface area (Å²) < 4.78 is 0. The number of amides is 1. The fourth-order valence-corrected chi connectivity index (χ4v) is 2.59. The van der Waals surface area contributed by atoms with E-state index in [2.05, 4.69) is 10.2 Å². The Morgan fingerprint density at radius 3 is 2.93 bits per heavy atom. The first-order valence-corrected chi connectivity index (χ1v) is 5.92. The van der Waals surface area contributed by atoms with E-state index in [4.69, 9.17) is 0 Å². The number of fused-ring (bicyclic) bond motifs is 1. The predicted molar refractivity (Wildman–Crippen MR) is 59.7 cm³/mol. The van der Waals surface area contributed by atoms with E-state index in [1.165, 1.54) is 19.4 Å². The molecule has 4 nitrogen and oxygen atoms in total. The van der Waals surface area contributed by atoms with E-state index >= 15 is 0 Å². The van der Waals surface area contributed by atoms with Gasteiger partial charge in [-0.3, -0.25) is 9.69 Å². The molecule has 2 aliphatic heterocycles. The van der Waals surface area contributed by atoms with E-state index < -0.39 is 0 Å². The van der Waals surface area contributed by atoms with Gasteiger partial charge in [-0.15, -0.1) is 0 Å². The second kappa shape index (κ2) is 4.49. The number of carbonyl (C=O) groups is 1. The third-order valence-corrected chi connectivity index (χ3v) is 3.70. The third-order valence-electron chi connectivity index (χ3n) is 3.70. The van der Waals surface area contributed by atoms with Crippen molar-refractivity contribution >= 4 is 5.91 Å². The summed E-state index contributed by atoms with van der Waals surface area (Å²) in [5.74, 6) is 0.254.